The van der Waals surface area contributed by atoms with Gasteiger partial charge in [-0.3, -0.25) is 0 Å². The Hall–Kier alpha value is -2.42. The highest BCUT2D eigenvalue weighted by Crippen LogP contribution is 2.15. The number of aromatic nitrogens is 2. The molecule has 0 bridgehead atoms. The zero-order valence-electron chi connectivity index (χ0n) is 13.4. The van der Waals surface area contributed by atoms with Crippen LogP contribution >= 0.6 is 0 Å². The molecule has 0 saturated carbocycles. The predicted molar refractivity (Wildman–Crippen MR) is 87.0 cm³/mol. The Morgan fingerprint density at radius 1 is 1.12 bits per heavy atom. The SMILES string of the molecule is CCCNC(=O)NCCc1nnc(S(=O)(=O)Cc2ccccc2)o1. The number of carbonyl (C=O) groups excluding carboxylic acids is 1. The zero-order valence-corrected chi connectivity index (χ0v) is 14.2. The number of hydrogen-bond acceptors (Lipinski definition) is 6. The van der Waals surface area contributed by atoms with Gasteiger partial charge in [-0.15, -0.1) is 5.10 Å². The van der Waals surface area contributed by atoms with Gasteiger partial charge in [0.25, 0.3) is 0 Å². The van der Waals surface area contributed by atoms with Crippen molar-refractivity contribution in [3.8, 4) is 0 Å². The first-order valence-corrected chi connectivity index (χ1v) is 9.27. The quantitative estimate of drug-likeness (QED) is 0.740. The van der Waals surface area contributed by atoms with Crippen LogP contribution in [0.15, 0.2) is 40.0 Å². The molecule has 130 valence electrons. The highest BCUT2D eigenvalue weighted by atomic mass is 32.2. The molecule has 24 heavy (non-hydrogen) atoms. The van der Waals surface area contributed by atoms with E-state index >= 15 is 0 Å². The van der Waals surface area contributed by atoms with Gasteiger partial charge in [0.2, 0.25) is 15.7 Å². The average Bonchev–Trinajstić information content (AvgIpc) is 3.03. The second-order valence-corrected chi connectivity index (χ2v) is 7.01. The van der Waals surface area contributed by atoms with Crippen LogP contribution in [0.5, 0.6) is 0 Å². The second kappa shape index (κ2) is 8.44. The maximum absolute atomic E-state index is 12.2. The molecule has 9 heteroatoms. The molecule has 0 fully saturated rings. The van der Waals surface area contributed by atoms with Crippen molar-refractivity contribution in [2.24, 2.45) is 0 Å². The first-order valence-electron chi connectivity index (χ1n) is 7.62. The molecule has 8 nitrogen and oxygen atoms in total. The molecule has 0 aliphatic rings. The van der Waals surface area contributed by atoms with Gasteiger partial charge in [0.05, 0.1) is 5.75 Å². The van der Waals surface area contributed by atoms with Gasteiger partial charge in [-0.05, 0) is 12.0 Å². The van der Waals surface area contributed by atoms with Crippen molar-refractivity contribution in [3.05, 3.63) is 41.8 Å². The monoisotopic (exact) mass is 352 g/mol. The maximum atomic E-state index is 12.2. The van der Waals surface area contributed by atoms with Crippen molar-refractivity contribution >= 4 is 15.9 Å². The summed E-state index contributed by atoms with van der Waals surface area (Å²) in [6, 6.07) is 8.48. The summed E-state index contributed by atoms with van der Waals surface area (Å²) in [6.45, 7) is 2.82. The summed E-state index contributed by atoms with van der Waals surface area (Å²) in [5, 5.41) is 12.2. The normalized spacial score (nSPS) is 11.2. The molecule has 2 N–H and O–H groups in total. The van der Waals surface area contributed by atoms with E-state index in [0.717, 1.165) is 6.42 Å². The molecular formula is C15H20N4O4S. The number of urea groups is 1. The largest absolute Gasteiger partial charge is 0.412 e. The minimum Gasteiger partial charge on any atom is -0.412 e. The Morgan fingerprint density at radius 2 is 1.83 bits per heavy atom. The predicted octanol–water partition coefficient (Wildman–Crippen LogP) is 1.30. The van der Waals surface area contributed by atoms with Crippen molar-refractivity contribution in [3.63, 3.8) is 0 Å². The van der Waals surface area contributed by atoms with E-state index in [-0.39, 0.29) is 30.6 Å². The Labute approximate surface area is 140 Å². The van der Waals surface area contributed by atoms with E-state index in [1.807, 2.05) is 13.0 Å². The van der Waals surface area contributed by atoms with Crippen LogP contribution in [0.1, 0.15) is 24.8 Å². The summed E-state index contributed by atoms with van der Waals surface area (Å²) in [4.78, 5) is 11.4. The van der Waals surface area contributed by atoms with Crippen LogP contribution in [0.3, 0.4) is 0 Å². The molecule has 2 amide bonds. The summed E-state index contributed by atoms with van der Waals surface area (Å²) < 4.78 is 29.7. The minimum absolute atomic E-state index is 0.164. The van der Waals surface area contributed by atoms with Crippen LogP contribution in [-0.4, -0.2) is 37.7 Å². The number of carbonyl (C=O) groups is 1. The third-order valence-electron chi connectivity index (χ3n) is 3.07. The molecule has 2 aromatic rings. The van der Waals surface area contributed by atoms with Crippen molar-refractivity contribution in [1.29, 1.82) is 0 Å². The van der Waals surface area contributed by atoms with E-state index in [2.05, 4.69) is 20.8 Å². The van der Waals surface area contributed by atoms with E-state index in [4.69, 9.17) is 4.42 Å². The fourth-order valence-electron chi connectivity index (χ4n) is 1.90. The lowest BCUT2D eigenvalue weighted by molar-refractivity contribution is 0.240. The van der Waals surface area contributed by atoms with Gasteiger partial charge in [-0.1, -0.05) is 42.4 Å². The van der Waals surface area contributed by atoms with Crippen molar-refractivity contribution in [2.75, 3.05) is 13.1 Å². The number of benzene rings is 1. The molecule has 2 rings (SSSR count). The zero-order chi connectivity index (χ0) is 17.4. The molecule has 0 aliphatic heterocycles. The summed E-state index contributed by atoms with van der Waals surface area (Å²) in [5.41, 5.74) is 0.645. The number of rotatable bonds is 8. The number of nitrogens with zero attached hydrogens (tertiary/aromatic N) is 2. The summed E-state index contributed by atoms with van der Waals surface area (Å²) in [6.07, 6.45) is 1.10. The van der Waals surface area contributed by atoms with Crippen molar-refractivity contribution in [1.82, 2.24) is 20.8 Å². The van der Waals surface area contributed by atoms with Crippen LogP contribution in [0.4, 0.5) is 4.79 Å². The lowest BCUT2D eigenvalue weighted by Gasteiger charge is -2.04. The van der Waals surface area contributed by atoms with Gasteiger partial charge < -0.3 is 15.1 Å². The van der Waals surface area contributed by atoms with Gasteiger partial charge in [-0.25, -0.2) is 13.2 Å². The van der Waals surface area contributed by atoms with E-state index in [1.54, 1.807) is 24.3 Å². The maximum Gasteiger partial charge on any atom is 0.335 e. The molecule has 1 aromatic heterocycles. The lowest BCUT2D eigenvalue weighted by Crippen LogP contribution is -2.36. The average molecular weight is 352 g/mol. The van der Waals surface area contributed by atoms with Gasteiger partial charge in [0, 0.05) is 19.5 Å². The minimum atomic E-state index is -3.69. The number of amides is 2. The number of hydrogen-bond donors (Lipinski definition) is 2. The molecule has 0 aliphatic carbocycles. The first kappa shape index (κ1) is 17.9. The fraction of sp³-hybridized carbons (Fsp3) is 0.400. The molecular weight excluding hydrogens is 332 g/mol. The molecule has 0 spiro atoms. The van der Waals surface area contributed by atoms with E-state index in [9.17, 15) is 13.2 Å². The van der Waals surface area contributed by atoms with Crippen molar-refractivity contribution in [2.45, 2.75) is 30.7 Å². The van der Waals surface area contributed by atoms with Gasteiger partial charge in [0.15, 0.2) is 0 Å². The third-order valence-corrected chi connectivity index (χ3v) is 4.48. The standard InChI is InChI=1S/C15H20N4O4S/c1-2-9-16-14(20)17-10-8-13-18-19-15(23-13)24(21,22)11-12-6-4-3-5-7-12/h3-7H,2,8-11H2,1H3,(H2,16,17,20). The van der Waals surface area contributed by atoms with E-state index in [1.165, 1.54) is 0 Å². The highest BCUT2D eigenvalue weighted by Gasteiger charge is 2.22. The van der Waals surface area contributed by atoms with Crippen LogP contribution in [0, 0.1) is 0 Å². The van der Waals surface area contributed by atoms with Gasteiger partial charge >= 0.3 is 11.3 Å². The topological polar surface area (TPSA) is 114 Å². The smallest absolute Gasteiger partial charge is 0.335 e. The molecule has 0 radical (unpaired) electrons. The van der Waals surface area contributed by atoms with E-state index < -0.39 is 15.1 Å². The first-order chi connectivity index (χ1) is 11.5. The number of sulfone groups is 1. The number of nitrogens with one attached hydrogen (secondary N) is 2. The summed E-state index contributed by atoms with van der Waals surface area (Å²) in [5.74, 6) is -0.0370. The lowest BCUT2D eigenvalue weighted by atomic mass is 10.2. The van der Waals surface area contributed by atoms with E-state index in [0.29, 0.717) is 12.1 Å². The van der Waals surface area contributed by atoms with Crippen LogP contribution < -0.4 is 10.6 Å². The van der Waals surface area contributed by atoms with Gasteiger partial charge in [-0.2, -0.15) is 0 Å². The molecule has 1 heterocycles. The Morgan fingerprint density at radius 3 is 2.54 bits per heavy atom. The van der Waals surface area contributed by atoms with Gasteiger partial charge in [0.1, 0.15) is 0 Å². The van der Waals surface area contributed by atoms with Crippen molar-refractivity contribution < 1.29 is 17.6 Å². The highest BCUT2D eigenvalue weighted by molar-refractivity contribution is 7.90. The summed E-state index contributed by atoms with van der Waals surface area (Å²) >= 11 is 0. The third kappa shape index (κ3) is 5.34. The van der Waals surface area contributed by atoms with Crippen LogP contribution in [-0.2, 0) is 22.0 Å². The molecule has 0 unspecified atom stereocenters. The molecule has 0 atom stereocenters. The summed E-state index contributed by atoms with van der Waals surface area (Å²) in [7, 11) is -3.69. The Bertz CT molecular complexity index is 759. The second-order valence-electron chi connectivity index (χ2n) is 5.14. The molecule has 0 saturated heterocycles. The van der Waals surface area contributed by atoms with Crippen LogP contribution in [0.2, 0.25) is 0 Å². The fourth-order valence-corrected chi connectivity index (χ4v) is 3.05. The Kier molecular flexibility index (Phi) is 6.30. The van der Waals surface area contributed by atoms with Crippen LogP contribution in [0.25, 0.3) is 0 Å². The Balaban J connectivity index is 1.89. The molecule has 1 aromatic carbocycles.